The molecule has 2 aromatic rings. The molecule has 3 aliphatic rings. The van der Waals surface area contributed by atoms with Gasteiger partial charge in [-0.15, -0.1) is 11.3 Å². The molecule has 0 spiro atoms. The molecule has 2 aliphatic heterocycles. The molecule has 0 bridgehead atoms. The number of anilines is 1. The van der Waals surface area contributed by atoms with E-state index in [0.717, 1.165) is 54.9 Å². The number of thiophene rings is 1. The van der Waals surface area contributed by atoms with Gasteiger partial charge >= 0.3 is 0 Å². The molecule has 7 nitrogen and oxygen atoms in total. The fourth-order valence-electron chi connectivity index (χ4n) is 6.55. The van der Waals surface area contributed by atoms with Crippen molar-refractivity contribution in [2.24, 2.45) is 0 Å². The van der Waals surface area contributed by atoms with Crippen molar-refractivity contribution >= 4 is 22.2 Å². The van der Waals surface area contributed by atoms with Crippen LogP contribution in [0.15, 0.2) is 10.9 Å². The van der Waals surface area contributed by atoms with E-state index in [4.69, 9.17) is 4.74 Å². The Bertz CT molecular complexity index is 1190. The zero-order valence-electron chi connectivity index (χ0n) is 23.1. The van der Waals surface area contributed by atoms with Gasteiger partial charge in [0.1, 0.15) is 0 Å². The van der Waals surface area contributed by atoms with Crippen LogP contribution < -0.4 is 10.5 Å². The molecule has 1 aliphatic carbocycles. The van der Waals surface area contributed by atoms with Crippen LogP contribution in [0.3, 0.4) is 0 Å². The highest BCUT2D eigenvalue weighted by atomic mass is 32.1. The molecule has 0 aromatic carbocycles. The van der Waals surface area contributed by atoms with E-state index >= 15 is 0 Å². The van der Waals surface area contributed by atoms with Gasteiger partial charge in [0.25, 0.3) is 11.5 Å². The van der Waals surface area contributed by atoms with Crippen LogP contribution in [0.2, 0.25) is 0 Å². The zero-order valence-corrected chi connectivity index (χ0v) is 23.9. The first-order chi connectivity index (χ1) is 17.8. The summed E-state index contributed by atoms with van der Waals surface area (Å²) in [6.45, 7) is 12.1. The summed E-state index contributed by atoms with van der Waals surface area (Å²) in [4.78, 5) is 37.5. The third-order valence-corrected chi connectivity index (χ3v) is 10.1. The fraction of sp³-hybridized carbons (Fsp3) is 0.655. The summed E-state index contributed by atoms with van der Waals surface area (Å²) in [6, 6.07) is 3.19. The lowest BCUT2D eigenvalue weighted by molar-refractivity contribution is -0.0738. The highest BCUT2D eigenvalue weighted by Gasteiger charge is 2.37. The van der Waals surface area contributed by atoms with Gasteiger partial charge in [-0.05, 0) is 83.4 Å². The van der Waals surface area contributed by atoms with Gasteiger partial charge in [0.15, 0.2) is 0 Å². The molecule has 37 heavy (non-hydrogen) atoms. The number of hydrogen-bond acceptors (Lipinski definition) is 6. The average Bonchev–Trinajstić information content (AvgIpc) is 3.08. The van der Waals surface area contributed by atoms with Crippen LogP contribution in [0.5, 0.6) is 0 Å². The van der Waals surface area contributed by atoms with Gasteiger partial charge in [-0.1, -0.05) is 0 Å². The van der Waals surface area contributed by atoms with Gasteiger partial charge in [-0.2, -0.15) is 0 Å². The molecule has 5 rings (SSSR count). The molecule has 2 fully saturated rings. The molecule has 4 heterocycles. The normalized spacial score (nSPS) is 23.1. The molecule has 1 N–H and O–H groups in total. The Labute approximate surface area is 224 Å². The molecule has 1 saturated carbocycles. The van der Waals surface area contributed by atoms with Gasteiger partial charge in [0.2, 0.25) is 0 Å². The average molecular weight is 527 g/mol. The second-order valence-corrected chi connectivity index (χ2v) is 12.3. The summed E-state index contributed by atoms with van der Waals surface area (Å²) in [5.41, 5.74) is 4.40. The molecule has 0 atom stereocenters. The van der Waals surface area contributed by atoms with E-state index in [1.54, 1.807) is 0 Å². The maximum atomic E-state index is 13.8. The molecule has 1 saturated heterocycles. The lowest BCUT2D eigenvalue weighted by atomic mass is 9.87. The zero-order chi connectivity index (χ0) is 26.3. The number of aromatic amines is 1. The molecule has 202 valence electrons. The number of nitrogens with zero attached hydrogens (tertiary/aromatic N) is 3. The molecule has 1 amide bonds. The minimum Gasteiger partial charge on any atom is -0.376 e. The van der Waals surface area contributed by atoms with E-state index in [0.29, 0.717) is 36.8 Å². The van der Waals surface area contributed by atoms with Crippen LogP contribution in [-0.4, -0.2) is 72.2 Å². The number of likely N-dealkylation sites (tertiary alicyclic amines) is 1. The number of H-pyrrole nitrogens is 1. The Morgan fingerprint density at radius 3 is 2.54 bits per heavy atom. The molecule has 8 heteroatoms. The summed E-state index contributed by atoms with van der Waals surface area (Å²) >= 11 is 1.81. The monoisotopic (exact) mass is 526 g/mol. The molecule has 2 aromatic heterocycles. The van der Waals surface area contributed by atoms with Crippen molar-refractivity contribution in [3.63, 3.8) is 0 Å². The maximum absolute atomic E-state index is 13.8. The van der Waals surface area contributed by atoms with E-state index in [1.165, 1.54) is 35.6 Å². The van der Waals surface area contributed by atoms with Crippen molar-refractivity contribution in [1.82, 2.24) is 14.8 Å². The number of ether oxygens (including phenoxy) is 1. The first-order valence-electron chi connectivity index (χ1n) is 14.0. The minimum atomic E-state index is -0.0838. The first kappa shape index (κ1) is 26.4. The number of aryl methyl sites for hydroxylation is 3. The van der Waals surface area contributed by atoms with Gasteiger partial charge in [0.05, 0.1) is 23.2 Å². The van der Waals surface area contributed by atoms with Crippen molar-refractivity contribution in [2.45, 2.75) is 91.0 Å². The quantitative estimate of drug-likeness (QED) is 0.579. The van der Waals surface area contributed by atoms with Crippen LogP contribution in [-0.2, 0) is 17.7 Å². The van der Waals surface area contributed by atoms with Gasteiger partial charge in [0, 0.05) is 61.5 Å². The predicted octanol–water partition coefficient (Wildman–Crippen LogP) is 4.42. The number of hydrogen-bond donors (Lipinski definition) is 1. The van der Waals surface area contributed by atoms with Crippen LogP contribution in [0, 0.1) is 20.8 Å². The Morgan fingerprint density at radius 2 is 1.86 bits per heavy atom. The van der Waals surface area contributed by atoms with Crippen LogP contribution in [0.1, 0.15) is 76.6 Å². The fourth-order valence-corrected chi connectivity index (χ4v) is 7.92. The smallest absolute Gasteiger partial charge is 0.255 e. The maximum Gasteiger partial charge on any atom is 0.255 e. The van der Waals surface area contributed by atoms with Crippen molar-refractivity contribution in [2.75, 3.05) is 38.2 Å². The summed E-state index contributed by atoms with van der Waals surface area (Å²) in [6.07, 6.45) is 7.12. The number of amides is 1. The van der Waals surface area contributed by atoms with Crippen LogP contribution in [0.4, 0.5) is 5.00 Å². The predicted molar refractivity (Wildman–Crippen MR) is 150 cm³/mol. The topological polar surface area (TPSA) is 68.9 Å². The molecular weight excluding hydrogens is 484 g/mol. The Hall–Kier alpha value is -2.16. The lowest BCUT2D eigenvalue weighted by Gasteiger charge is -2.47. The number of fused-ring (bicyclic) bond motifs is 1. The SMILES string of the molecule is CCOC1CN(C2CCC(N(C)c3sc4c(c3C)C(=O)N(Cc3c(C)cc(C)[nH]c3=O)CCC4)CC2)C1. The number of aromatic nitrogens is 1. The molecule has 0 radical (unpaired) electrons. The number of carbonyl (C=O) groups excluding carboxylic acids is 1. The molecule has 0 unspecified atom stereocenters. The van der Waals surface area contributed by atoms with Crippen molar-refractivity contribution in [3.05, 3.63) is 49.2 Å². The van der Waals surface area contributed by atoms with E-state index in [1.807, 2.05) is 36.2 Å². The summed E-state index contributed by atoms with van der Waals surface area (Å²) in [7, 11) is 2.22. The van der Waals surface area contributed by atoms with Gasteiger partial charge in [-0.25, -0.2) is 0 Å². The Morgan fingerprint density at radius 1 is 1.14 bits per heavy atom. The first-order valence-corrected chi connectivity index (χ1v) is 14.8. The highest BCUT2D eigenvalue weighted by Crippen LogP contribution is 2.41. The van der Waals surface area contributed by atoms with Crippen LogP contribution >= 0.6 is 11.3 Å². The van der Waals surface area contributed by atoms with Crippen molar-refractivity contribution in [1.29, 1.82) is 0 Å². The number of carbonyl (C=O) groups is 1. The second kappa shape index (κ2) is 10.9. The van der Waals surface area contributed by atoms with Crippen LogP contribution in [0.25, 0.3) is 0 Å². The Kier molecular flexibility index (Phi) is 7.80. The van der Waals surface area contributed by atoms with E-state index in [2.05, 4.69) is 35.7 Å². The van der Waals surface area contributed by atoms with Crippen molar-refractivity contribution < 1.29 is 9.53 Å². The van der Waals surface area contributed by atoms with Gasteiger partial charge in [-0.3, -0.25) is 14.5 Å². The summed E-state index contributed by atoms with van der Waals surface area (Å²) in [5.74, 6) is 0.0746. The summed E-state index contributed by atoms with van der Waals surface area (Å²) < 4.78 is 5.75. The van der Waals surface area contributed by atoms with E-state index < -0.39 is 0 Å². The third-order valence-electron chi connectivity index (χ3n) is 8.70. The Balaban J connectivity index is 1.27. The summed E-state index contributed by atoms with van der Waals surface area (Å²) in [5, 5.41) is 1.24. The van der Waals surface area contributed by atoms with Gasteiger partial charge < -0.3 is 19.5 Å². The lowest BCUT2D eigenvalue weighted by Crippen LogP contribution is -2.57. The largest absolute Gasteiger partial charge is 0.376 e. The highest BCUT2D eigenvalue weighted by molar-refractivity contribution is 7.16. The van der Waals surface area contributed by atoms with Crippen molar-refractivity contribution in [3.8, 4) is 0 Å². The number of rotatable bonds is 7. The van der Waals surface area contributed by atoms with E-state index in [-0.39, 0.29) is 11.5 Å². The van der Waals surface area contributed by atoms with E-state index in [9.17, 15) is 9.59 Å². The number of nitrogens with one attached hydrogen (secondary N) is 1. The number of pyridine rings is 1. The third kappa shape index (κ3) is 5.25. The molecular formula is C29H42N4O3S. The second-order valence-electron chi connectivity index (χ2n) is 11.2. The minimum absolute atomic E-state index is 0.0746. The standard InChI is InChI=1S/C29H42N4O3S/c1-6-36-23-15-33(16-23)22-11-9-21(10-12-22)31(5)29-20(4)26-25(37-29)8-7-13-32(28(26)35)17-24-18(2)14-19(3)30-27(24)34/h14,21-23H,6-13,15-17H2,1-5H3,(H,30,34).